The Balaban J connectivity index is 1.73. The third-order valence-electron chi connectivity index (χ3n) is 4.70. The maximum absolute atomic E-state index is 6.00. The Hall–Kier alpha value is -0.890. The van der Waals surface area contributed by atoms with E-state index in [9.17, 15) is 0 Å². The van der Waals surface area contributed by atoms with Crippen molar-refractivity contribution in [2.75, 3.05) is 24.2 Å². The lowest BCUT2D eigenvalue weighted by atomic mass is 9.94. The molecule has 1 N–H and O–H groups in total. The zero-order chi connectivity index (χ0) is 17.4. The fourth-order valence-corrected chi connectivity index (χ4v) is 5.19. The van der Waals surface area contributed by atoms with E-state index in [1.165, 1.54) is 15.8 Å². The molecule has 0 aliphatic carbocycles. The summed E-state index contributed by atoms with van der Waals surface area (Å²) in [7, 11) is 0. The molecule has 1 unspecified atom stereocenters. The molecule has 0 saturated carbocycles. The molecule has 1 fully saturated rings. The molecule has 5 nitrogen and oxygen atoms in total. The standard InChI is InChI=1S/C18H25N3O2S2/c1-4-24-17-20-15(19-9-11-6-5-7-22-11)14-12-8-18(2,3)23-10-13(12)25-16(14)21-17/h11H,4-10H2,1-3H3,(H,19,20,21). The maximum atomic E-state index is 6.00. The lowest BCUT2D eigenvalue weighted by molar-refractivity contribution is -0.0379. The van der Waals surface area contributed by atoms with Crippen LogP contribution in [0.1, 0.15) is 44.1 Å². The number of hydrogen-bond acceptors (Lipinski definition) is 7. The molecule has 2 aromatic rings. The first kappa shape index (κ1) is 17.5. The summed E-state index contributed by atoms with van der Waals surface area (Å²) in [4.78, 5) is 12.0. The van der Waals surface area contributed by atoms with Gasteiger partial charge in [0.25, 0.3) is 0 Å². The van der Waals surface area contributed by atoms with E-state index in [1.807, 2.05) is 0 Å². The van der Waals surface area contributed by atoms with Gasteiger partial charge < -0.3 is 14.8 Å². The normalized spacial score (nSPS) is 22.3. The summed E-state index contributed by atoms with van der Waals surface area (Å²) >= 11 is 3.44. The van der Waals surface area contributed by atoms with Gasteiger partial charge in [0.05, 0.1) is 23.7 Å². The molecule has 4 heterocycles. The van der Waals surface area contributed by atoms with Gasteiger partial charge in [-0.05, 0) is 38.0 Å². The molecule has 136 valence electrons. The summed E-state index contributed by atoms with van der Waals surface area (Å²) in [6.07, 6.45) is 3.48. The van der Waals surface area contributed by atoms with Gasteiger partial charge in [-0.15, -0.1) is 11.3 Å². The first-order valence-electron chi connectivity index (χ1n) is 9.00. The van der Waals surface area contributed by atoms with Crippen LogP contribution in [0.5, 0.6) is 0 Å². The Bertz CT molecular complexity index is 769. The van der Waals surface area contributed by atoms with E-state index in [0.717, 1.165) is 54.0 Å². The number of thioether (sulfide) groups is 1. The van der Waals surface area contributed by atoms with Crippen molar-refractivity contribution in [3.63, 3.8) is 0 Å². The van der Waals surface area contributed by atoms with Crippen LogP contribution < -0.4 is 5.32 Å². The fourth-order valence-electron chi connectivity index (χ4n) is 3.46. The van der Waals surface area contributed by atoms with Crippen LogP contribution in [-0.2, 0) is 22.5 Å². The summed E-state index contributed by atoms with van der Waals surface area (Å²) < 4.78 is 11.8. The highest BCUT2D eigenvalue weighted by Crippen LogP contribution is 2.41. The second kappa shape index (κ2) is 7.02. The van der Waals surface area contributed by atoms with Gasteiger partial charge in [-0.3, -0.25) is 0 Å². The average Bonchev–Trinajstić information content (AvgIpc) is 3.19. The highest BCUT2D eigenvalue weighted by Gasteiger charge is 2.31. The van der Waals surface area contributed by atoms with Gasteiger partial charge in [0, 0.05) is 24.4 Å². The lowest BCUT2D eigenvalue weighted by Crippen LogP contribution is -2.31. The van der Waals surface area contributed by atoms with Crippen molar-refractivity contribution >= 4 is 39.1 Å². The van der Waals surface area contributed by atoms with E-state index < -0.39 is 0 Å². The first-order valence-corrected chi connectivity index (χ1v) is 10.8. The SMILES string of the molecule is CCSc1nc(NCC2CCCO2)c2c3c(sc2n1)COC(C)(C)C3. The van der Waals surface area contributed by atoms with Gasteiger partial charge in [0.1, 0.15) is 10.6 Å². The Kier molecular flexibility index (Phi) is 4.92. The minimum atomic E-state index is -0.135. The molecule has 0 spiro atoms. The Morgan fingerprint density at radius 3 is 3.00 bits per heavy atom. The summed E-state index contributed by atoms with van der Waals surface area (Å²) in [5.74, 6) is 1.93. The van der Waals surface area contributed by atoms with Gasteiger partial charge in [-0.1, -0.05) is 18.7 Å². The number of aromatic nitrogens is 2. The largest absolute Gasteiger partial charge is 0.376 e. The van der Waals surface area contributed by atoms with Gasteiger partial charge in [-0.25, -0.2) is 9.97 Å². The van der Waals surface area contributed by atoms with E-state index in [-0.39, 0.29) is 5.60 Å². The molecular weight excluding hydrogens is 354 g/mol. The van der Waals surface area contributed by atoms with Gasteiger partial charge in [0.15, 0.2) is 5.16 Å². The van der Waals surface area contributed by atoms with Gasteiger partial charge in [0.2, 0.25) is 0 Å². The molecule has 1 atom stereocenters. The van der Waals surface area contributed by atoms with E-state index in [1.54, 1.807) is 23.1 Å². The first-order chi connectivity index (χ1) is 12.1. The van der Waals surface area contributed by atoms with Crippen molar-refractivity contribution in [2.45, 2.75) is 63.5 Å². The summed E-state index contributed by atoms with van der Waals surface area (Å²) in [5.41, 5.74) is 1.23. The van der Waals surface area contributed by atoms with E-state index in [0.29, 0.717) is 12.7 Å². The zero-order valence-corrected chi connectivity index (χ0v) is 16.7. The predicted octanol–water partition coefficient (Wildman–Crippen LogP) is 4.25. The molecule has 2 aliphatic heterocycles. The average molecular weight is 380 g/mol. The highest BCUT2D eigenvalue weighted by molar-refractivity contribution is 7.99. The fraction of sp³-hybridized carbons (Fsp3) is 0.667. The van der Waals surface area contributed by atoms with Crippen molar-refractivity contribution < 1.29 is 9.47 Å². The molecule has 2 aliphatic rings. The molecular formula is C18H25N3O2S2. The number of ether oxygens (including phenoxy) is 2. The number of rotatable bonds is 5. The molecule has 2 aromatic heterocycles. The third kappa shape index (κ3) is 3.65. The minimum Gasteiger partial charge on any atom is -0.376 e. The van der Waals surface area contributed by atoms with E-state index >= 15 is 0 Å². The number of hydrogen-bond donors (Lipinski definition) is 1. The van der Waals surface area contributed by atoms with E-state index in [2.05, 4.69) is 26.1 Å². The Labute approximate surface area is 156 Å². The minimum absolute atomic E-state index is 0.135. The highest BCUT2D eigenvalue weighted by atomic mass is 32.2. The van der Waals surface area contributed by atoms with Crippen LogP contribution in [0, 0.1) is 0 Å². The van der Waals surface area contributed by atoms with Gasteiger partial charge >= 0.3 is 0 Å². The summed E-state index contributed by atoms with van der Waals surface area (Å²) in [5, 5.41) is 5.61. The van der Waals surface area contributed by atoms with Gasteiger partial charge in [-0.2, -0.15) is 0 Å². The summed E-state index contributed by atoms with van der Waals surface area (Å²) in [6.45, 7) is 8.80. The van der Waals surface area contributed by atoms with Crippen LogP contribution in [-0.4, -0.2) is 40.6 Å². The number of thiophene rings is 1. The van der Waals surface area contributed by atoms with Crippen LogP contribution in [0.15, 0.2) is 5.16 Å². The number of fused-ring (bicyclic) bond motifs is 3. The van der Waals surface area contributed by atoms with Crippen molar-refractivity contribution in [3.8, 4) is 0 Å². The molecule has 1 saturated heterocycles. The van der Waals surface area contributed by atoms with Crippen LogP contribution in [0.3, 0.4) is 0 Å². The van der Waals surface area contributed by atoms with Crippen molar-refractivity contribution in [2.24, 2.45) is 0 Å². The Morgan fingerprint density at radius 2 is 2.24 bits per heavy atom. The molecule has 0 bridgehead atoms. The molecule has 0 radical (unpaired) electrons. The number of nitrogens with one attached hydrogen (secondary N) is 1. The van der Waals surface area contributed by atoms with Crippen LogP contribution in [0.2, 0.25) is 0 Å². The molecule has 0 aromatic carbocycles. The van der Waals surface area contributed by atoms with Crippen LogP contribution in [0.4, 0.5) is 5.82 Å². The van der Waals surface area contributed by atoms with Crippen LogP contribution in [0.25, 0.3) is 10.2 Å². The second-order valence-electron chi connectivity index (χ2n) is 7.21. The molecule has 7 heteroatoms. The van der Waals surface area contributed by atoms with Crippen molar-refractivity contribution in [1.29, 1.82) is 0 Å². The number of nitrogens with zero attached hydrogens (tertiary/aromatic N) is 2. The topological polar surface area (TPSA) is 56.3 Å². The maximum Gasteiger partial charge on any atom is 0.190 e. The smallest absolute Gasteiger partial charge is 0.190 e. The van der Waals surface area contributed by atoms with Crippen molar-refractivity contribution in [1.82, 2.24) is 9.97 Å². The third-order valence-corrected chi connectivity index (χ3v) is 6.53. The lowest BCUT2D eigenvalue weighted by Gasteiger charge is -2.30. The molecule has 25 heavy (non-hydrogen) atoms. The number of anilines is 1. The zero-order valence-electron chi connectivity index (χ0n) is 15.1. The molecule has 0 amide bonds. The predicted molar refractivity (Wildman–Crippen MR) is 104 cm³/mol. The quantitative estimate of drug-likeness (QED) is 0.619. The second-order valence-corrected chi connectivity index (χ2v) is 9.53. The monoisotopic (exact) mass is 379 g/mol. The summed E-state index contributed by atoms with van der Waals surface area (Å²) in [6, 6.07) is 0. The van der Waals surface area contributed by atoms with Crippen molar-refractivity contribution in [3.05, 3.63) is 10.4 Å². The van der Waals surface area contributed by atoms with E-state index in [4.69, 9.17) is 19.4 Å². The molecule has 4 rings (SSSR count). The van der Waals surface area contributed by atoms with Crippen LogP contribution >= 0.6 is 23.1 Å². The Morgan fingerprint density at radius 1 is 1.36 bits per heavy atom.